The van der Waals surface area contributed by atoms with Gasteiger partial charge in [-0.05, 0) is 85.8 Å². The van der Waals surface area contributed by atoms with Crippen molar-refractivity contribution in [1.29, 1.82) is 0 Å². The van der Waals surface area contributed by atoms with Crippen LogP contribution in [0.3, 0.4) is 0 Å². The molecule has 18 nitrogen and oxygen atoms in total. The first-order valence-corrected chi connectivity index (χ1v) is 23.0. The van der Waals surface area contributed by atoms with E-state index in [0.29, 0.717) is 66.8 Å². The van der Waals surface area contributed by atoms with Crippen molar-refractivity contribution in [2.45, 2.75) is 63.2 Å². The lowest BCUT2D eigenvalue weighted by Gasteiger charge is -2.32. The van der Waals surface area contributed by atoms with Crippen LogP contribution in [-0.2, 0) is 25.7 Å². The number of amides is 8. The van der Waals surface area contributed by atoms with E-state index in [1.165, 1.54) is 34.7 Å². The van der Waals surface area contributed by atoms with E-state index in [-0.39, 0.29) is 76.9 Å². The van der Waals surface area contributed by atoms with Crippen LogP contribution in [0.15, 0.2) is 84.5 Å². The monoisotopic (exact) mass is 951 g/mol. The summed E-state index contributed by atoms with van der Waals surface area (Å²) in [5.41, 5.74) is 2.76. The van der Waals surface area contributed by atoms with Crippen LogP contribution in [0.5, 0.6) is 5.75 Å². The Balaban J connectivity index is 0.738. The van der Waals surface area contributed by atoms with Crippen molar-refractivity contribution in [2.24, 2.45) is 0 Å². The number of hydrogen-bond acceptors (Lipinski definition) is 13. The first kappa shape index (κ1) is 45.8. The molecule has 3 aromatic carbocycles. The molecule has 69 heavy (non-hydrogen) atoms. The highest BCUT2D eigenvalue weighted by Gasteiger charge is 2.46. The molecule has 4 aliphatic heterocycles. The van der Waals surface area contributed by atoms with E-state index in [9.17, 15) is 47.9 Å². The molecule has 5 N–H and O–H groups in total. The maximum absolute atomic E-state index is 14.4. The molecule has 0 aliphatic carbocycles. The summed E-state index contributed by atoms with van der Waals surface area (Å²) in [7, 11) is 0. The van der Waals surface area contributed by atoms with Crippen molar-refractivity contribution < 1.29 is 47.9 Å². The van der Waals surface area contributed by atoms with E-state index in [1.54, 1.807) is 52.7 Å². The van der Waals surface area contributed by atoms with Crippen LogP contribution < -0.4 is 21.3 Å². The number of thiazole rings is 1. The number of hydrogen-bond donors (Lipinski definition) is 5. The number of imide groups is 2. The third kappa shape index (κ3) is 9.62. The topological polar surface area (TPSA) is 240 Å². The van der Waals surface area contributed by atoms with Gasteiger partial charge in [0.2, 0.25) is 17.7 Å². The number of rotatable bonds is 12. The highest BCUT2D eigenvalue weighted by molar-refractivity contribution is 7.13. The molecule has 20 heteroatoms. The maximum Gasteiger partial charge on any atom is 0.270 e. The van der Waals surface area contributed by atoms with Crippen LogP contribution >= 0.6 is 11.3 Å². The standard InChI is InChI=1S/C49H42FN9O9S/c50-30-11-14-38(60)34(24-30)42(45(65)56-49-52-19-22-69-49)58-26-29-10-8-27(23-33(29)46(58)66)6-7-28-9-12-36(53-25-28)43(63)54-31-16-20-57(21-17-31)40(62)5-2-18-51-35-4-1-3-32-41(35)48(68)59(47(32)67)37-13-15-39(61)55-44(37)64/h1,3-4,8-12,14,19,22-25,31,37,42,51,60H,2,5,13,15-18,20-21,26H2,(H,54,63)(H,52,56,65)(H,55,61,64). The van der Waals surface area contributed by atoms with E-state index < -0.39 is 53.3 Å². The first-order chi connectivity index (χ1) is 33.3. The van der Waals surface area contributed by atoms with Gasteiger partial charge in [0.1, 0.15) is 29.3 Å². The maximum atomic E-state index is 14.4. The van der Waals surface area contributed by atoms with Gasteiger partial charge in [-0.15, -0.1) is 11.3 Å². The van der Waals surface area contributed by atoms with Crippen molar-refractivity contribution in [2.75, 3.05) is 30.3 Å². The van der Waals surface area contributed by atoms with Gasteiger partial charge in [0.25, 0.3) is 29.5 Å². The van der Waals surface area contributed by atoms with Gasteiger partial charge in [0, 0.05) is 90.8 Å². The molecule has 9 rings (SSSR count). The fraction of sp³-hybridized carbons (Fsp3) is 0.265. The second kappa shape index (κ2) is 19.5. The lowest BCUT2D eigenvalue weighted by Crippen LogP contribution is -2.54. The second-order valence-corrected chi connectivity index (χ2v) is 17.6. The summed E-state index contributed by atoms with van der Waals surface area (Å²) < 4.78 is 14.4. The largest absolute Gasteiger partial charge is 0.508 e. The van der Waals surface area contributed by atoms with E-state index in [0.717, 1.165) is 23.1 Å². The molecule has 2 fully saturated rings. The Kier molecular flexibility index (Phi) is 12.9. The third-order valence-electron chi connectivity index (χ3n) is 12.3. The van der Waals surface area contributed by atoms with Crippen LogP contribution in [0.4, 0.5) is 15.2 Å². The summed E-state index contributed by atoms with van der Waals surface area (Å²) in [6.07, 6.45) is 4.81. The lowest BCUT2D eigenvalue weighted by atomic mass is 10.0. The molecule has 0 radical (unpaired) electrons. The number of carbonyl (C=O) groups excluding carboxylic acids is 8. The first-order valence-electron chi connectivity index (χ1n) is 22.1. The second-order valence-electron chi connectivity index (χ2n) is 16.8. The molecular weight excluding hydrogens is 910 g/mol. The minimum Gasteiger partial charge on any atom is -0.508 e. The number of fused-ring (bicyclic) bond motifs is 2. The fourth-order valence-electron chi connectivity index (χ4n) is 8.83. The number of phenolic OH excluding ortho intramolecular Hbond substituents is 1. The van der Waals surface area contributed by atoms with Crippen molar-refractivity contribution in [1.82, 2.24) is 35.3 Å². The quantitative estimate of drug-likeness (QED) is 0.0674. The van der Waals surface area contributed by atoms with Gasteiger partial charge >= 0.3 is 0 Å². The molecule has 6 heterocycles. The molecular formula is C49H42FN9O9S. The van der Waals surface area contributed by atoms with Crippen LogP contribution in [0, 0.1) is 17.7 Å². The molecule has 0 spiro atoms. The lowest BCUT2D eigenvalue weighted by molar-refractivity contribution is -0.136. The number of aromatic hydroxyl groups is 1. The highest BCUT2D eigenvalue weighted by atomic mass is 32.1. The minimum absolute atomic E-state index is 0.0181. The Morgan fingerprint density at radius 3 is 2.45 bits per heavy atom. The molecule has 2 aromatic heterocycles. The Bertz CT molecular complexity index is 3000. The summed E-state index contributed by atoms with van der Waals surface area (Å²) in [5.74, 6) is 1.03. The summed E-state index contributed by atoms with van der Waals surface area (Å²) >= 11 is 1.17. The smallest absolute Gasteiger partial charge is 0.270 e. The minimum atomic E-state index is -1.37. The number of halogens is 1. The normalized spacial score (nSPS) is 17.1. The number of phenols is 1. The summed E-state index contributed by atoms with van der Waals surface area (Å²) in [4.78, 5) is 117. The number of nitrogens with one attached hydrogen (secondary N) is 4. The van der Waals surface area contributed by atoms with Gasteiger partial charge in [0.15, 0.2) is 5.13 Å². The molecule has 2 saturated heterocycles. The fourth-order valence-corrected chi connectivity index (χ4v) is 9.36. The number of aromatic nitrogens is 2. The average Bonchev–Trinajstić information content (AvgIpc) is 4.04. The number of pyridine rings is 1. The molecule has 350 valence electrons. The summed E-state index contributed by atoms with van der Waals surface area (Å²) in [6, 6.07) is 13.7. The number of piperidine rings is 2. The molecule has 0 saturated carbocycles. The SMILES string of the molecule is O=C1CCC(N2C(=O)c3cccc(NCCCC(=O)N4CCC(NC(=O)c5ccc(C#Cc6ccc7c(c6)C(=O)N(C(C(=O)Nc6nccs6)c6cc(F)ccc6O)C7)cn5)CC4)c3C2=O)C(=O)N1. The predicted octanol–water partition coefficient (Wildman–Crippen LogP) is 4.13. The van der Waals surface area contributed by atoms with Gasteiger partial charge in [-0.2, -0.15) is 0 Å². The predicted molar refractivity (Wildman–Crippen MR) is 246 cm³/mol. The summed E-state index contributed by atoms with van der Waals surface area (Å²) in [5, 5.41) is 23.6. The number of benzene rings is 3. The number of carbonyl (C=O) groups is 8. The summed E-state index contributed by atoms with van der Waals surface area (Å²) in [6.45, 7) is 1.25. The van der Waals surface area contributed by atoms with Crippen LogP contribution in [-0.4, -0.2) is 109 Å². The Hall–Kier alpha value is -8.31. The molecule has 2 atom stereocenters. The van der Waals surface area contributed by atoms with E-state index in [4.69, 9.17) is 0 Å². The number of likely N-dealkylation sites (tertiary alicyclic amines) is 1. The van der Waals surface area contributed by atoms with Crippen molar-refractivity contribution in [3.05, 3.63) is 135 Å². The number of nitrogens with zero attached hydrogens (tertiary/aromatic N) is 5. The van der Waals surface area contributed by atoms with Gasteiger partial charge in [-0.3, -0.25) is 53.9 Å². The molecule has 2 unspecified atom stereocenters. The van der Waals surface area contributed by atoms with Crippen LogP contribution in [0.1, 0.15) is 108 Å². The van der Waals surface area contributed by atoms with E-state index >= 15 is 0 Å². The van der Waals surface area contributed by atoms with Crippen LogP contribution in [0.25, 0.3) is 0 Å². The third-order valence-corrected chi connectivity index (χ3v) is 13.0. The van der Waals surface area contributed by atoms with Gasteiger partial charge < -0.3 is 25.5 Å². The Morgan fingerprint density at radius 1 is 0.899 bits per heavy atom. The molecule has 8 amide bonds. The average molecular weight is 952 g/mol. The zero-order valence-electron chi connectivity index (χ0n) is 36.6. The van der Waals surface area contributed by atoms with E-state index in [1.807, 2.05) is 0 Å². The zero-order chi connectivity index (χ0) is 48.3. The van der Waals surface area contributed by atoms with Gasteiger partial charge in [-0.25, -0.2) is 14.4 Å². The number of anilines is 2. The van der Waals surface area contributed by atoms with Crippen molar-refractivity contribution in [3.8, 4) is 17.6 Å². The van der Waals surface area contributed by atoms with Gasteiger partial charge in [-0.1, -0.05) is 24.0 Å². The Labute approximate surface area is 397 Å². The zero-order valence-corrected chi connectivity index (χ0v) is 37.4. The highest BCUT2D eigenvalue weighted by Crippen LogP contribution is 2.37. The molecule has 4 aliphatic rings. The molecule has 0 bridgehead atoms. The van der Waals surface area contributed by atoms with Gasteiger partial charge in [0.05, 0.1) is 11.1 Å². The van der Waals surface area contributed by atoms with E-state index in [2.05, 4.69) is 43.1 Å². The van der Waals surface area contributed by atoms with Crippen molar-refractivity contribution in [3.63, 3.8) is 0 Å². The Morgan fingerprint density at radius 2 is 1.70 bits per heavy atom. The van der Waals surface area contributed by atoms with Crippen LogP contribution in [0.2, 0.25) is 0 Å². The van der Waals surface area contributed by atoms with Crippen molar-refractivity contribution >= 4 is 69.4 Å². The molecule has 5 aromatic rings.